The molecule has 8 heteroatoms. The van der Waals surface area contributed by atoms with Crippen LogP contribution in [-0.2, 0) is 6.54 Å². The van der Waals surface area contributed by atoms with Crippen LogP contribution in [0.1, 0.15) is 5.56 Å². The van der Waals surface area contributed by atoms with Crippen molar-refractivity contribution in [1.82, 2.24) is 9.55 Å². The van der Waals surface area contributed by atoms with Gasteiger partial charge >= 0.3 is 0 Å². The molecule has 2 aromatic rings. The lowest BCUT2D eigenvalue weighted by molar-refractivity contribution is -0.384. The van der Waals surface area contributed by atoms with Gasteiger partial charge in [-0.1, -0.05) is 15.9 Å². The van der Waals surface area contributed by atoms with E-state index in [9.17, 15) is 14.9 Å². The molecule has 98 valence electrons. The van der Waals surface area contributed by atoms with E-state index in [1.807, 2.05) is 0 Å². The van der Waals surface area contributed by atoms with Crippen LogP contribution in [0.3, 0.4) is 0 Å². The standard InChI is InChI=1S/C11H7Br2N3O3/c12-9-3-8(16(18)19)2-1-7(9)5-15-6-14-4-10(13)11(15)17/h1-4,6H,5H2. The van der Waals surface area contributed by atoms with E-state index >= 15 is 0 Å². The van der Waals surface area contributed by atoms with Crippen LogP contribution in [0.5, 0.6) is 0 Å². The molecule has 0 atom stereocenters. The van der Waals surface area contributed by atoms with E-state index < -0.39 is 4.92 Å². The second kappa shape index (κ2) is 5.62. The monoisotopic (exact) mass is 387 g/mol. The third-order valence-electron chi connectivity index (χ3n) is 2.45. The average molecular weight is 389 g/mol. The van der Waals surface area contributed by atoms with Gasteiger partial charge in [0.2, 0.25) is 0 Å². The van der Waals surface area contributed by atoms with Crippen LogP contribution in [-0.4, -0.2) is 14.5 Å². The smallest absolute Gasteiger partial charge is 0.270 e. The largest absolute Gasteiger partial charge is 0.294 e. The van der Waals surface area contributed by atoms with Gasteiger partial charge in [-0.15, -0.1) is 0 Å². The van der Waals surface area contributed by atoms with E-state index in [2.05, 4.69) is 36.8 Å². The molecule has 1 aromatic carbocycles. The van der Waals surface area contributed by atoms with Crippen LogP contribution in [0.2, 0.25) is 0 Å². The number of hydrogen-bond donors (Lipinski definition) is 0. The van der Waals surface area contributed by atoms with Crippen LogP contribution in [0.15, 0.2) is 44.5 Å². The van der Waals surface area contributed by atoms with E-state index in [4.69, 9.17) is 0 Å². The summed E-state index contributed by atoms with van der Waals surface area (Å²) < 4.78 is 2.36. The molecule has 0 unspecified atom stereocenters. The van der Waals surface area contributed by atoms with Crippen molar-refractivity contribution in [1.29, 1.82) is 0 Å². The summed E-state index contributed by atoms with van der Waals surface area (Å²) in [5.74, 6) is 0. The Kier molecular flexibility index (Phi) is 4.11. The lowest BCUT2D eigenvalue weighted by Crippen LogP contribution is -2.21. The summed E-state index contributed by atoms with van der Waals surface area (Å²) in [6.45, 7) is 0.282. The van der Waals surface area contributed by atoms with Crippen molar-refractivity contribution >= 4 is 37.5 Å². The minimum atomic E-state index is -0.471. The van der Waals surface area contributed by atoms with Crippen molar-refractivity contribution < 1.29 is 4.92 Å². The average Bonchev–Trinajstić information content (AvgIpc) is 2.37. The van der Waals surface area contributed by atoms with Gasteiger partial charge in [0.05, 0.1) is 17.8 Å². The molecule has 0 aliphatic rings. The van der Waals surface area contributed by atoms with Crippen molar-refractivity contribution in [2.24, 2.45) is 0 Å². The third-order valence-corrected chi connectivity index (χ3v) is 3.73. The third kappa shape index (κ3) is 3.07. The molecular formula is C11H7Br2N3O3. The number of rotatable bonds is 3. The summed E-state index contributed by atoms with van der Waals surface area (Å²) in [6, 6.07) is 4.41. The summed E-state index contributed by atoms with van der Waals surface area (Å²) in [5, 5.41) is 10.6. The SMILES string of the molecule is O=c1c(Br)cncn1Cc1ccc([N+](=O)[O-])cc1Br. The van der Waals surface area contributed by atoms with Crippen molar-refractivity contribution in [3.05, 3.63) is 65.7 Å². The zero-order valence-electron chi connectivity index (χ0n) is 9.42. The van der Waals surface area contributed by atoms with Crippen molar-refractivity contribution in [2.45, 2.75) is 6.54 Å². The first-order valence-electron chi connectivity index (χ1n) is 5.12. The van der Waals surface area contributed by atoms with Crippen LogP contribution < -0.4 is 5.56 Å². The van der Waals surface area contributed by atoms with Gasteiger partial charge in [-0.2, -0.15) is 0 Å². The first-order chi connectivity index (χ1) is 8.99. The molecule has 1 heterocycles. The van der Waals surface area contributed by atoms with Gasteiger partial charge < -0.3 is 0 Å². The second-order valence-corrected chi connectivity index (χ2v) is 5.42. The van der Waals surface area contributed by atoms with Crippen LogP contribution in [0.25, 0.3) is 0 Å². The number of aromatic nitrogens is 2. The summed E-state index contributed by atoms with van der Waals surface area (Å²) in [6.07, 6.45) is 2.84. The first-order valence-corrected chi connectivity index (χ1v) is 6.70. The Bertz CT molecular complexity index is 700. The van der Waals surface area contributed by atoms with Crippen LogP contribution >= 0.6 is 31.9 Å². The maximum absolute atomic E-state index is 11.8. The zero-order valence-corrected chi connectivity index (χ0v) is 12.6. The Morgan fingerprint density at radius 2 is 2.05 bits per heavy atom. The predicted molar refractivity (Wildman–Crippen MR) is 76.1 cm³/mol. The Balaban J connectivity index is 2.36. The van der Waals surface area contributed by atoms with Gasteiger partial charge in [0.15, 0.2) is 0 Å². The minimum absolute atomic E-state index is 0.00432. The summed E-state index contributed by atoms with van der Waals surface area (Å²) >= 11 is 6.38. The molecule has 6 nitrogen and oxygen atoms in total. The number of nitrogens with zero attached hydrogens (tertiary/aromatic N) is 3. The molecule has 0 aliphatic heterocycles. The molecule has 19 heavy (non-hydrogen) atoms. The normalized spacial score (nSPS) is 10.4. The van der Waals surface area contributed by atoms with E-state index in [1.165, 1.54) is 29.2 Å². The van der Waals surface area contributed by atoms with Gasteiger partial charge in [0.25, 0.3) is 11.2 Å². The fourth-order valence-corrected chi connectivity index (χ4v) is 2.34. The van der Waals surface area contributed by atoms with E-state index in [0.29, 0.717) is 8.95 Å². The number of hydrogen-bond acceptors (Lipinski definition) is 4. The zero-order chi connectivity index (χ0) is 14.0. The molecule has 0 N–H and O–H groups in total. The molecule has 0 spiro atoms. The van der Waals surface area contributed by atoms with Gasteiger partial charge in [0, 0.05) is 22.8 Å². The van der Waals surface area contributed by atoms with Crippen molar-refractivity contribution in [2.75, 3.05) is 0 Å². The van der Waals surface area contributed by atoms with Crippen molar-refractivity contribution in [3.8, 4) is 0 Å². The van der Waals surface area contributed by atoms with Gasteiger partial charge in [-0.05, 0) is 27.6 Å². The molecule has 2 rings (SSSR count). The fraction of sp³-hybridized carbons (Fsp3) is 0.0909. The van der Waals surface area contributed by atoms with Gasteiger partial charge in [0.1, 0.15) is 4.47 Å². The fourth-order valence-electron chi connectivity index (χ4n) is 1.50. The summed E-state index contributed by atoms with van der Waals surface area (Å²) in [7, 11) is 0. The quantitative estimate of drug-likeness (QED) is 0.598. The topological polar surface area (TPSA) is 78.0 Å². The summed E-state index contributed by atoms with van der Waals surface area (Å²) in [4.78, 5) is 25.9. The molecule has 0 saturated heterocycles. The lowest BCUT2D eigenvalue weighted by Gasteiger charge is -2.07. The predicted octanol–water partition coefficient (Wildman–Crippen LogP) is 2.72. The van der Waals surface area contributed by atoms with Crippen LogP contribution in [0.4, 0.5) is 5.69 Å². The van der Waals surface area contributed by atoms with Crippen LogP contribution in [0, 0.1) is 10.1 Å². The van der Waals surface area contributed by atoms with E-state index in [1.54, 1.807) is 6.07 Å². The highest BCUT2D eigenvalue weighted by molar-refractivity contribution is 9.10. The molecule has 0 fully saturated rings. The van der Waals surface area contributed by atoms with Gasteiger partial charge in [-0.3, -0.25) is 19.5 Å². The Morgan fingerprint density at radius 1 is 1.32 bits per heavy atom. The molecular weight excluding hydrogens is 382 g/mol. The molecule has 1 aromatic heterocycles. The molecule has 0 amide bonds. The first kappa shape index (κ1) is 13.9. The highest BCUT2D eigenvalue weighted by atomic mass is 79.9. The molecule has 0 radical (unpaired) electrons. The maximum atomic E-state index is 11.8. The Labute approximate surface area is 124 Å². The van der Waals surface area contributed by atoms with E-state index in [0.717, 1.165) is 5.56 Å². The van der Waals surface area contributed by atoms with Crippen molar-refractivity contribution in [3.63, 3.8) is 0 Å². The highest BCUT2D eigenvalue weighted by Gasteiger charge is 2.10. The maximum Gasteiger partial charge on any atom is 0.270 e. The molecule has 0 aliphatic carbocycles. The number of benzene rings is 1. The van der Waals surface area contributed by atoms with Gasteiger partial charge in [-0.25, -0.2) is 4.98 Å². The minimum Gasteiger partial charge on any atom is -0.294 e. The van der Waals surface area contributed by atoms with E-state index in [-0.39, 0.29) is 17.8 Å². The molecule has 0 saturated carbocycles. The molecule has 0 bridgehead atoms. The Morgan fingerprint density at radius 3 is 2.68 bits per heavy atom. The number of nitro benzene ring substituents is 1. The highest BCUT2D eigenvalue weighted by Crippen LogP contribution is 2.23. The number of halogens is 2. The number of non-ortho nitro benzene ring substituents is 1. The number of nitro groups is 1. The second-order valence-electron chi connectivity index (χ2n) is 3.71. The summed E-state index contributed by atoms with van der Waals surface area (Å²) in [5.41, 5.74) is 0.545. The lowest BCUT2D eigenvalue weighted by atomic mass is 10.2. The Hall–Kier alpha value is -1.54.